The highest BCUT2D eigenvalue weighted by atomic mass is 32.2. The SMILES string of the molecule is CC1C=C2CCCC(C(=O)OCC(O)(O)S(=O)(=O)O)(C2)C1. The summed E-state index contributed by atoms with van der Waals surface area (Å²) >= 11 is 0. The fraction of sp³-hybridized carbons (Fsp3) is 0.769. The van der Waals surface area contributed by atoms with Gasteiger partial charge in [-0.1, -0.05) is 18.6 Å². The Balaban J connectivity index is 2.09. The normalized spacial score (nSPS) is 29.7. The van der Waals surface area contributed by atoms with Crippen molar-refractivity contribution >= 4 is 16.1 Å². The number of allylic oxidation sites excluding steroid dienone is 2. The van der Waals surface area contributed by atoms with Gasteiger partial charge in [0.2, 0.25) is 0 Å². The van der Waals surface area contributed by atoms with E-state index in [0.717, 1.165) is 12.8 Å². The van der Waals surface area contributed by atoms with Gasteiger partial charge in [-0.05, 0) is 38.0 Å². The first-order chi connectivity index (χ1) is 9.56. The van der Waals surface area contributed by atoms with Crippen LogP contribution in [0.2, 0.25) is 0 Å². The van der Waals surface area contributed by atoms with Crippen LogP contribution in [-0.4, -0.2) is 40.9 Å². The molecule has 0 aliphatic heterocycles. The summed E-state index contributed by atoms with van der Waals surface area (Å²) in [6.45, 7) is 0.785. The summed E-state index contributed by atoms with van der Waals surface area (Å²) in [7, 11) is -5.14. The van der Waals surface area contributed by atoms with Crippen LogP contribution >= 0.6 is 0 Å². The average Bonchev–Trinajstić information content (AvgIpc) is 2.33. The van der Waals surface area contributed by atoms with Crippen molar-refractivity contribution in [3.63, 3.8) is 0 Å². The fourth-order valence-corrected chi connectivity index (χ4v) is 3.51. The van der Waals surface area contributed by atoms with Crippen LogP contribution < -0.4 is 0 Å². The molecule has 1 fully saturated rings. The number of ether oxygens (including phenoxy) is 1. The largest absolute Gasteiger partial charge is 0.458 e. The van der Waals surface area contributed by atoms with Crippen LogP contribution in [0.3, 0.4) is 0 Å². The lowest BCUT2D eigenvalue weighted by Gasteiger charge is -2.41. The molecule has 0 spiro atoms. The van der Waals surface area contributed by atoms with Gasteiger partial charge in [0.15, 0.2) is 6.61 Å². The summed E-state index contributed by atoms with van der Waals surface area (Å²) in [6, 6.07) is 0. The van der Waals surface area contributed by atoms with Gasteiger partial charge >= 0.3 is 21.2 Å². The Morgan fingerprint density at radius 1 is 1.52 bits per heavy atom. The second-order valence-electron chi connectivity index (χ2n) is 6.11. The Morgan fingerprint density at radius 2 is 2.19 bits per heavy atom. The van der Waals surface area contributed by atoms with Gasteiger partial charge in [-0.2, -0.15) is 8.42 Å². The number of aliphatic hydroxyl groups is 2. The minimum atomic E-state index is -5.14. The summed E-state index contributed by atoms with van der Waals surface area (Å²) < 4.78 is 35.0. The third-order valence-electron chi connectivity index (χ3n) is 4.19. The fourth-order valence-electron chi connectivity index (χ4n) is 3.30. The van der Waals surface area contributed by atoms with Crippen molar-refractivity contribution in [2.45, 2.75) is 44.1 Å². The van der Waals surface area contributed by atoms with Gasteiger partial charge in [-0.15, -0.1) is 0 Å². The highest BCUT2D eigenvalue weighted by Gasteiger charge is 2.47. The molecule has 8 heteroatoms. The Morgan fingerprint density at radius 3 is 2.81 bits per heavy atom. The predicted octanol–water partition coefficient (Wildman–Crippen LogP) is 0.582. The molecular formula is C13H20O7S. The minimum absolute atomic E-state index is 0.219. The summed E-state index contributed by atoms with van der Waals surface area (Å²) in [5, 5.41) is 14.9. The molecule has 1 saturated carbocycles. The molecule has 3 N–H and O–H groups in total. The molecule has 0 saturated heterocycles. The molecule has 120 valence electrons. The summed E-state index contributed by atoms with van der Waals surface area (Å²) in [5.74, 6) is -0.424. The van der Waals surface area contributed by atoms with Gasteiger partial charge < -0.3 is 14.9 Å². The van der Waals surface area contributed by atoms with E-state index in [1.165, 1.54) is 5.57 Å². The summed E-state index contributed by atoms with van der Waals surface area (Å²) in [4.78, 5) is 12.3. The molecule has 2 aliphatic carbocycles. The van der Waals surface area contributed by atoms with E-state index in [1.54, 1.807) is 0 Å². The zero-order valence-corrected chi connectivity index (χ0v) is 12.6. The lowest BCUT2D eigenvalue weighted by Crippen LogP contribution is -2.46. The van der Waals surface area contributed by atoms with Gasteiger partial charge in [0.25, 0.3) is 0 Å². The van der Waals surface area contributed by atoms with Crippen molar-refractivity contribution in [2.75, 3.05) is 6.61 Å². The van der Waals surface area contributed by atoms with Crippen LogP contribution in [0.4, 0.5) is 0 Å². The summed E-state index contributed by atoms with van der Waals surface area (Å²) in [5.41, 5.74) is 0.461. The van der Waals surface area contributed by atoms with Crippen molar-refractivity contribution in [3.05, 3.63) is 11.6 Å². The molecule has 0 amide bonds. The molecule has 7 nitrogen and oxygen atoms in total. The number of fused-ring (bicyclic) bond motifs is 2. The first-order valence-corrected chi connectivity index (χ1v) is 8.28. The second-order valence-corrected chi connectivity index (χ2v) is 7.72. The van der Waals surface area contributed by atoms with Crippen molar-refractivity contribution in [1.29, 1.82) is 0 Å². The Labute approximate surface area is 123 Å². The first-order valence-electron chi connectivity index (χ1n) is 6.84. The van der Waals surface area contributed by atoms with E-state index in [9.17, 15) is 23.4 Å². The molecule has 2 rings (SSSR count). The van der Waals surface area contributed by atoms with Crippen molar-refractivity contribution in [1.82, 2.24) is 0 Å². The van der Waals surface area contributed by atoms with Gasteiger partial charge in [0.1, 0.15) is 0 Å². The minimum Gasteiger partial charge on any atom is -0.458 e. The van der Waals surface area contributed by atoms with E-state index in [-0.39, 0.29) is 5.92 Å². The van der Waals surface area contributed by atoms with Crippen molar-refractivity contribution in [2.24, 2.45) is 11.3 Å². The molecule has 2 atom stereocenters. The van der Waals surface area contributed by atoms with E-state index in [1.807, 2.05) is 6.92 Å². The van der Waals surface area contributed by atoms with Gasteiger partial charge in [0.05, 0.1) is 5.41 Å². The van der Waals surface area contributed by atoms with Gasteiger partial charge in [-0.25, -0.2) is 0 Å². The molecule has 0 aromatic rings. The smallest absolute Gasteiger partial charge is 0.330 e. The Bertz CT molecular complexity index is 563. The van der Waals surface area contributed by atoms with Crippen LogP contribution in [0.5, 0.6) is 0 Å². The molecule has 0 aromatic carbocycles. The number of carbonyl (C=O) groups is 1. The van der Waals surface area contributed by atoms with E-state index < -0.39 is 33.2 Å². The predicted molar refractivity (Wildman–Crippen MR) is 72.4 cm³/mol. The Kier molecular flexibility index (Phi) is 4.18. The van der Waals surface area contributed by atoms with Crippen LogP contribution in [0.1, 0.15) is 39.0 Å². The highest BCUT2D eigenvalue weighted by Crippen LogP contribution is 2.48. The molecular weight excluding hydrogens is 300 g/mol. The molecule has 2 aliphatic rings. The monoisotopic (exact) mass is 320 g/mol. The third kappa shape index (κ3) is 3.28. The zero-order chi connectivity index (χ0) is 15.9. The molecule has 2 bridgehead atoms. The molecule has 0 aromatic heterocycles. The van der Waals surface area contributed by atoms with Crippen LogP contribution in [0, 0.1) is 11.3 Å². The number of hydrogen-bond acceptors (Lipinski definition) is 6. The van der Waals surface area contributed by atoms with E-state index in [2.05, 4.69) is 6.08 Å². The lowest BCUT2D eigenvalue weighted by atomic mass is 9.64. The number of hydrogen-bond donors (Lipinski definition) is 3. The quantitative estimate of drug-likeness (QED) is 0.300. The topological polar surface area (TPSA) is 121 Å². The van der Waals surface area contributed by atoms with Crippen LogP contribution in [0.25, 0.3) is 0 Å². The average molecular weight is 320 g/mol. The summed E-state index contributed by atoms with van der Waals surface area (Å²) in [6.07, 6.45) is 5.70. The number of carbonyl (C=O) groups excluding carboxylic acids is 1. The zero-order valence-electron chi connectivity index (χ0n) is 11.8. The van der Waals surface area contributed by atoms with E-state index in [0.29, 0.717) is 19.3 Å². The molecule has 2 unspecified atom stereocenters. The maximum Gasteiger partial charge on any atom is 0.330 e. The maximum atomic E-state index is 12.3. The molecule has 0 radical (unpaired) electrons. The van der Waals surface area contributed by atoms with Gasteiger partial charge in [0, 0.05) is 0 Å². The van der Waals surface area contributed by atoms with E-state index >= 15 is 0 Å². The number of rotatable bonds is 4. The van der Waals surface area contributed by atoms with Crippen LogP contribution in [0.15, 0.2) is 11.6 Å². The molecule has 0 heterocycles. The third-order valence-corrected chi connectivity index (χ3v) is 5.13. The van der Waals surface area contributed by atoms with Crippen LogP contribution in [-0.2, 0) is 19.6 Å². The molecule has 21 heavy (non-hydrogen) atoms. The first kappa shape index (κ1) is 16.4. The van der Waals surface area contributed by atoms with Crippen molar-refractivity contribution in [3.8, 4) is 0 Å². The van der Waals surface area contributed by atoms with Crippen molar-refractivity contribution < 1.29 is 32.7 Å². The second kappa shape index (κ2) is 5.35. The van der Waals surface area contributed by atoms with E-state index in [4.69, 9.17) is 9.29 Å². The lowest BCUT2D eigenvalue weighted by molar-refractivity contribution is -0.179. The highest BCUT2D eigenvalue weighted by molar-refractivity contribution is 7.86. The number of esters is 1. The van der Waals surface area contributed by atoms with Gasteiger partial charge in [-0.3, -0.25) is 9.35 Å². The Hall–Kier alpha value is -0.960. The maximum absolute atomic E-state index is 12.3. The standard InChI is InChI=1S/C13H20O7S/c1-9-5-10-3-2-4-12(6-9,7-10)11(14)20-8-13(15,16)21(17,18)19/h5,9,15-16H,2-4,6-8H2,1H3,(H,17,18,19).